The lowest BCUT2D eigenvalue weighted by molar-refractivity contribution is -0.111. The van der Waals surface area contributed by atoms with Gasteiger partial charge in [0.2, 0.25) is 6.41 Å². The monoisotopic (exact) mass is 413 g/mol. The molecular formula is C21H24BrN3O. The van der Waals surface area contributed by atoms with Crippen molar-refractivity contribution in [3.63, 3.8) is 0 Å². The minimum atomic E-state index is -0.508. The molecule has 1 aliphatic heterocycles. The summed E-state index contributed by atoms with van der Waals surface area (Å²) in [6, 6.07) is 18.6. The number of carbonyl (C=O) groups excluding carboxylic acids is 1. The molecule has 1 aliphatic rings. The minimum absolute atomic E-state index is 0.508. The number of carbonyl (C=O) groups is 1. The van der Waals surface area contributed by atoms with Crippen molar-refractivity contribution >= 4 is 28.1 Å². The van der Waals surface area contributed by atoms with E-state index in [-0.39, 0.29) is 0 Å². The topological polar surface area (TPSA) is 44.7 Å². The average molecular weight is 414 g/mol. The summed E-state index contributed by atoms with van der Waals surface area (Å²) in [5.74, 6) is 0. The van der Waals surface area contributed by atoms with Gasteiger partial charge in [-0.2, -0.15) is 0 Å². The zero-order chi connectivity index (χ0) is 18.4. The third-order valence-corrected chi connectivity index (χ3v) is 5.43. The number of amides is 1. The molecule has 0 atom stereocenters. The maximum Gasteiger partial charge on any atom is 0.208 e. The zero-order valence-corrected chi connectivity index (χ0v) is 16.6. The highest BCUT2D eigenvalue weighted by molar-refractivity contribution is 9.10. The van der Waals surface area contributed by atoms with Crippen LogP contribution in [0.15, 0.2) is 64.1 Å². The quantitative estimate of drug-likeness (QED) is 0.574. The SMILES string of the molecule is CC(=NC1(NC=O)CCN(Cc2ccccc2)CC1)c1ccc(Br)cc1. The van der Waals surface area contributed by atoms with Crippen molar-refractivity contribution in [3.05, 3.63) is 70.2 Å². The summed E-state index contributed by atoms with van der Waals surface area (Å²) in [5, 5.41) is 2.99. The number of piperidine rings is 1. The van der Waals surface area contributed by atoms with Gasteiger partial charge in [0, 0.05) is 42.7 Å². The predicted molar refractivity (Wildman–Crippen MR) is 109 cm³/mol. The first-order valence-corrected chi connectivity index (χ1v) is 9.69. The Morgan fingerprint density at radius 1 is 1.15 bits per heavy atom. The van der Waals surface area contributed by atoms with Gasteiger partial charge in [-0.3, -0.25) is 14.7 Å². The average Bonchev–Trinajstić information content (AvgIpc) is 2.65. The number of hydrogen-bond donors (Lipinski definition) is 1. The van der Waals surface area contributed by atoms with Crippen LogP contribution in [0.4, 0.5) is 0 Å². The van der Waals surface area contributed by atoms with Gasteiger partial charge in [0.1, 0.15) is 5.66 Å². The first-order chi connectivity index (χ1) is 12.6. The number of halogens is 1. The highest BCUT2D eigenvalue weighted by atomic mass is 79.9. The fraction of sp³-hybridized carbons (Fsp3) is 0.333. The Morgan fingerprint density at radius 3 is 2.42 bits per heavy atom. The molecule has 5 heteroatoms. The predicted octanol–water partition coefficient (Wildman–Crippen LogP) is 4.00. The van der Waals surface area contributed by atoms with E-state index >= 15 is 0 Å². The van der Waals surface area contributed by atoms with E-state index in [0.29, 0.717) is 0 Å². The molecule has 136 valence electrons. The van der Waals surface area contributed by atoms with E-state index in [9.17, 15) is 4.79 Å². The second-order valence-corrected chi connectivity index (χ2v) is 7.68. The molecule has 0 saturated carbocycles. The molecule has 0 spiro atoms. The van der Waals surface area contributed by atoms with Crippen LogP contribution < -0.4 is 5.32 Å². The Kier molecular flexibility index (Phi) is 6.22. The van der Waals surface area contributed by atoms with Crippen molar-refractivity contribution in [1.82, 2.24) is 10.2 Å². The molecule has 26 heavy (non-hydrogen) atoms. The molecule has 2 aromatic rings. The summed E-state index contributed by atoms with van der Waals surface area (Å²) in [6.07, 6.45) is 2.41. The van der Waals surface area contributed by atoms with Crippen LogP contribution in [0.25, 0.3) is 0 Å². The summed E-state index contributed by atoms with van der Waals surface area (Å²) < 4.78 is 1.05. The number of benzene rings is 2. The first kappa shape index (κ1) is 18.8. The fourth-order valence-corrected chi connectivity index (χ4v) is 3.66. The summed E-state index contributed by atoms with van der Waals surface area (Å²) in [5.41, 5.74) is 2.83. The Morgan fingerprint density at radius 2 is 1.81 bits per heavy atom. The molecule has 0 unspecified atom stereocenters. The van der Waals surface area contributed by atoms with Crippen molar-refractivity contribution in [2.75, 3.05) is 13.1 Å². The van der Waals surface area contributed by atoms with Gasteiger partial charge >= 0.3 is 0 Å². The Hall–Kier alpha value is -1.98. The smallest absolute Gasteiger partial charge is 0.208 e. The van der Waals surface area contributed by atoms with E-state index < -0.39 is 5.66 Å². The van der Waals surface area contributed by atoms with Crippen molar-refractivity contribution in [2.24, 2.45) is 4.99 Å². The van der Waals surface area contributed by atoms with Gasteiger partial charge in [0.25, 0.3) is 0 Å². The lowest BCUT2D eigenvalue weighted by Gasteiger charge is -2.39. The highest BCUT2D eigenvalue weighted by Crippen LogP contribution is 2.26. The number of nitrogens with zero attached hydrogens (tertiary/aromatic N) is 2. The Labute approximate surface area is 163 Å². The van der Waals surface area contributed by atoms with E-state index in [0.717, 1.165) is 54.6 Å². The van der Waals surface area contributed by atoms with E-state index in [4.69, 9.17) is 4.99 Å². The lowest BCUT2D eigenvalue weighted by atomic mass is 9.96. The molecule has 1 saturated heterocycles. The standard InChI is InChI=1S/C21H24BrN3O/c1-17(19-7-9-20(22)10-8-19)24-21(23-16-26)11-13-25(14-12-21)15-18-5-3-2-4-6-18/h2-10,16H,11-15H2,1H3,(H,23,26). The highest BCUT2D eigenvalue weighted by Gasteiger charge is 2.34. The zero-order valence-electron chi connectivity index (χ0n) is 15.0. The molecule has 2 aromatic carbocycles. The van der Waals surface area contributed by atoms with Crippen LogP contribution in [-0.4, -0.2) is 35.8 Å². The second-order valence-electron chi connectivity index (χ2n) is 6.76. The number of hydrogen-bond acceptors (Lipinski definition) is 3. The van der Waals surface area contributed by atoms with E-state index in [1.807, 2.05) is 37.3 Å². The summed E-state index contributed by atoms with van der Waals surface area (Å²) in [7, 11) is 0. The molecule has 1 N–H and O–H groups in total. The van der Waals surface area contributed by atoms with E-state index in [2.05, 4.69) is 50.4 Å². The fourth-order valence-electron chi connectivity index (χ4n) is 3.40. The van der Waals surface area contributed by atoms with Gasteiger partial charge in [0.05, 0.1) is 0 Å². The van der Waals surface area contributed by atoms with Gasteiger partial charge in [-0.05, 0) is 30.2 Å². The van der Waals surface area contributed by atoms with Crippen LogP contribution in [0.1, 0.15) is 30.9 Å². The van der Waals surface area contributed by atoms with Crippen LogP contribution in [0.3, 0.4) is 0 Å². The molecule has 0 aliphatic carbocycles. The third-order valence-electron chi connectivity index (χ3n) is 4.90. The van der Waals surface area contributed by atoms with Crippen molar-refractivity contribution in [1.29, 1.82) is 0 Å². The second kappa shape index (κ2) is 8.60. The molecule has 0 bridgehead atoms. The number of aliphatic imine (C=N–C) groups is 1. The van der Waals surface area contributed by atoms with Gasteiger partial charge in [-0.15, -0.1) is 0 Å². The van der Waals surface area contributed by atoms with Crippen molar-refractivity contribution in [3.8, 4) is 0 Å². The number of likely N-dealkylation sites (tertiary alicyclic amines) is 1. The van der Waals surface area contributed by atoms with Crippen LogP contribution in [0.2, 0.25) is 0 Å². The number of nitrogens with one attached hydrogen (secondary N) is 1. The summed E-state index contributed by atoms with van der Waals surface area (Å²) in [4.78, 5) is 18.6. The lowest BCUT2D eigenvalue weighted by Crippen LogP contribution is -2.52. The minimum Gasteiger partial charge on any atom is -0.334 e. The first-order valence-electron chi connectivity index (χ1n) is 8.90. The van der Waals surface area contributed by atoms with E-state index in [1.54, 1.807) is 0 Å². The van der Waals surface area contributed by atoms with Gasteiger partial charge in [-0.25, -0.2) is 0 Å². The molecule has 1 amide bonds. The summed E-state index contributed by atoms with van der Waals surface area (Å²) in [6.45, 7) is 4.76. The Balaban J connectivity index is 1.70. The largest absolute Gasteiger partial charge is 0.334 e. The van der Waals surface area contributed by atoms with Gasteiger partial charge < -0.3 is 5.32 Å². The van der Waals surface area contributed by atoms with Crippen molar-refractivity contribution < 1.29 is 4.79 Å². The van der Waals surface area contributed by atoms with Crippen molar-refractivity contribution in [2.45, 2.75) is 32.0 Å². The molecule has 4 nitrogen and oxygen atoms in total. The maximum absolute atomic E-state index is 11.2. The molecule has 1 fully saturated rings. The number of rotatable bonds is 6. The van der Waals surface area contributed by atoms with E-state index in [1.165, 1.54) is 5.56 Å². The third kappa shape index (κ3) is 4.80. The normalized spacial score (nSPS) is 17.7. The van der Waals surface area contributed by atoms with Crippen LogP contribution >= 0.6 is 15.9 Å². The van der Waals surface area contributed by atoms with Crippen LogP contribution in [0, 0.1) is 0 Å². The molecule has 0 radical (unpaired) electrons. The maximum atomic E-state index is 11.2. The van der Waals surface area contributed by atoms with Crippen LogP contribution in [-0.2, 0) is 11.3 Å². The summed E-state index contributed by atoms with van der Waals surface area (Å²) >= 11 is 3.46. The molecule has 0 aromatic heterocycles. The van der Waals surface area contributed by atoms with Gasteiger partial charge in [0.15, 0.2) is 0 Å². The molecule has 3 rings (SSSR count). The Bertz CT molecular complexity index is 751. The molecular weight excluding hydrogens is 390 g/mol. The molecule has 1 heterocycles. The van der Waals surface area contributed by atoms with Crippen LogP contribution in [0.5, 0.6) is 0 Å². The van der Waals surface area contributed by atoms with Gasteiger partial charge in [-0.1, -0.05) is 58.4 Å².